The molecule has 3 heterocycles. The Morgan fingerprint density at radius 1 is 1.04 bits per heavy atom. The number of nitrogens with zero attached hydrogens (tertiary/aromatic N) is 3. The van der Waals surface area contributed by atoms with E-state index in [1.165, 1.54) is 12.3 Å². The van der Waals surface area contributed by atoms with Crippen LogP contribution in [0.1, 0.15) is 23.9 Å². The molecule has 2 N–H and O–H groups in total. The molecule has 0 saturated carbocycles. The minimum atomic E-state index is -4.48. The number of H-pyrrole nitrogens is 1. The number of aromatic amines is 1. The zero-order valence-corrected chi connectivity index (χ0v) is 12.8. The fourth-order valence-electron chi connectivity index (χ4n) is 2.20. The monoisotopic (exact) mass is 357 g/mol. The Bertz CT molecular complexity index is 897. The molecule has 0 bridgehead atoms. The average molecular weight is 357 g/mol. The maximum atomic E-state index is 13.2. The van der Waals surface area contributed by atoms with Gasteiger partial charge in [-0.05, 0) is 17.7 Å². The van der Waals surface area contributed by atoms with Crippen molar-refractivity contribution in [1.82, 2.24) is 19.9 Å². The van der Waals surface area contributed by atoms with Gasteiger partial charge in [0.2, 0.25) is 0 Å². The van der Waals surface area contributed by atoms with Crippen LogP contribution in [-0.4, -0.2) is 19.9 Å². The normalized spacial score (nSPS) is 12.6. The van der Waals surface area contributed by atoms with E-state index in [9.17, 15) is 22.0 Å². The number of pyridine rings is 1. The molecule has 0 atom stereocenters. The van der Waals surface area contributed by atoms with Crippen molar-refractivity contribution < 1.29 is 22.0 Å². The van der Waals surface area contributed by atoms with E-state index < -0.39 is 23.5 Å². The number of hydrogen-bond donors (Lipinski definition) is 2. The highest BCUT2D eigenvalue weighted by molar-refractivity contribution is 5.77. The molecule has 0 radical (unpaired) electrons. The minimum absolute atomic E-state index is 0.117. The van der Waals surface area contributed by atoms with E-state index in [1.54, 1.807) is 0 Å². The van der Waals surface area contributed by atoms with Gasteiger partial charge in [0.25, 0.3) is 5.92 Å². The quantitative estimate of drug-likeness (QED) is 0.690. The Morgan fingerprint density at radius 3 is 2.48 bits per heavy atom. The molecular formula is C15H12F5N5. The van der Waals surface area contributed by atoms with Gasteiger partial charge >= 0.3 is 6.18 Å². The number of alkyl halides is 5. The van der Waals surface area contributed by atoms with Gasteiger partial charge in [-0.3, -0.25) is 0 Å². The molecule has 3 aromatic rings. The molecule has 25 heavy (non-hydrogen) atoms. The summed E-state index contributed by atoms with van der Waals surface area (Å²) in [6.45, 7) is 0.877. The third-order valence-electron chi connectivity index (χ3n) is 3.42. The maximum absolute atomic E-state index is 13.2. The van der Waals surface area contributed by atoms with Crippen molar-refractivity contribution in [1.29, 1.82) is 0 Å². The fourth-order valence-corrected chi connectivity index (χ4v) is 2.20. The topological polar surface area (TPSA) is 66.5 Å². The van der Waals surface area contributed by atoms with Crippen LogP contribution in [0.2, 0.25) is 0 Å². The van der Waals surface area contributed by atoms with E-state index in [-0.39, 0.29) is 18.0 Å². The Morgan fingerprint density at radius 2 is 1.80 bits per heavy atom. The van der Waals surface area contributed by atoms with Gasteiger partial charge in [0, 0.05) is 31.1 Å². The van der Waals surface area contributed by atoms with Gasteiger partial charge in [0.05, 0.1) is 0 Å². The Labute approximate surface area is 138 Å². The molecule has 0 aliphatic rings. The second-order valence-electron chi connectivity index (χ2n) is 5.49. The number of halogens is 5. The second kappa shape index (κ2) is 5.94. The molecule has 0 amide bonds. The van der Waals surface area contributed by atoms with Crippen LogP contribution < -0.4 is 5.32 Å². The third-order valence-corrected chi connectivity index (χ3v) is 3.42. The summed E-state index contributed by atoms with van der Waals surface area (Å²) < 4.78 is 64.5. The van der Waals surface area contributed by atoms with Crippen molar-refractivity contribution in [3.8, 4) is 0 Å². The van der Waals surface area contributed by atoms with Crippen molar-refractivity contribution in [3.63, 3.8) is 0 Å². The van der Waals surface area contributed by atoms with E-state index in [2.05, 4.69) is 25.3 Å². The molecule has 0 unspecified atom stereocenters. The fraction of sp³-hybridized carbons (Fsp3) is 0.267. The summed E-state index contributed by atoms with van der Waals surface area (Å²) in [6, 6.07) is 3.61. The van der Waals surface area contributed by atoms with Crippen LogP contribution in [0.25, 0.3) is 11.0 Å². The minimum Gasteiger partial charge on any atom is -0.366 e. The summed E-state index contributed by atoms with van der Waals surface area (Å²) in [5, 5.41) is 3.12. The zero-order valence-electron chi connectivity index (χ0n) is 12.8. The second-order valence-corrected chi connectivity index (χ2v) is 5.49. The molecule has 0 saturated heterocycles. The smallest absolute Gasteiger partial charge is 0.366 e. The van der Waals surface area contributed by atoms with Crippen LogP contribution in [0.3, 0.4) is 0 Å². The lowest BCUT2D eigenvalue weighted by Gasteiger charge is -2.11. The Balaban J connectivity index is 1.77. The molecular weight excluding hydrogens is 345 g/mol. The average Bonchev–Trinajstić information content (AvgIpc) is 2.96. The molecule has 3 aromatic heterocycles. The van der Waals surface area contributed by atoms with Crippen LogP contribution >= 0.6 is 0 Å². The van der Waals surface area contributed by atoms with E-state index in [0.717, 1.165) is 25.4 Å². The molecule has 0 aliphatic heterocycles. The predicted molar refractivity (Wildman–Crippen MR) is 80.0 cm³/mol. The molecule has 132 valence electrons. The van der Waals surface area contributed by atoms with Crippen molar-refractivity contribution >= 4 is 16.9 Å². The Hall–Kier alpha value is -2.78. The highest BCUT2D eigenvalue weighted by atomic mass is 19.4. The molecule has 10 heteroatoms. The molecule has 0 spiro atoms. The lowest BCUT2D eigenvalue weighted by Crippen LogP contribution is -2.11. The number of hydrogen-bond acceptors (Lipinski definition) is 4. The SMILES string of the molecule is CC(F)(F)c1cc(NCc2cnc3[nH]c(C(F)(F)F)cc3c2)ncn1. The van der Waals surface area contributed by atoms with E-state index in [4.69, 9.17) is 0 Å². The highest BCUT2D eigenvalue weighted by Crippen LogP contribution is 2.31. The van der Waals surface area contributed by atoms with Crippen LogP contribution in [0.15, 0.2) is 30.7 Å². The van der Waals surface area contributed by atoms with Crippen molar-refractivity contribution in [2.24, 2.45) is 0 Å². The van der Waals surface area contributed by atoms with Gasteiger partial charge in [0.1, 0.15) is 29.2 Å². The summed E-state index contributed by atoms with van der Waals surface area (Å²) >= 11 is 0. The number of rotatable bonds is 4. The lowest BCUT2D eigenvalue weighted by atomic mass is 10.2. The summed E-state index contributed by atoms with van der Waals surface area (Å²) in [5.74, 6) is -2.92. The van der Waals surface area contributed by atoms with E-state index >= 15 is 0 Å². The van der Waals surface area contributed by atoms with Crippen molar-refractivity contribution in [2.75, 3.05) is 5.32 Å². The third kappa shape index (κ3) is 3.83. The molecule has 5 nitrogen and oxygen atoms in total. The molecule has 0 fully saturated rings. The summed E-state index contributed by atoms with van der Waals surface area (Å²) in [6.07, 6.45) is -2.08. The molecule has 0 aromatic carbocycles. The first kappa shape index (κ1) is 17.1. The largest absolute Gasteiger partial charge is 0.431 e. The highest BCUT2D eigenvalue weighted by Gasteiger charge is 2.32. The summed E-state index contributed by atoms with van der Waals surface area (Å²) in [5.41, 5.74) is -0.626. The van der Waals surface area contributed by atoms with Crippen LogP contribution in [0.4, 0.5) is 27.8 Å². The maximum Gasteiger partial charge on any atom is 0.431 e. The summed E-state index contributed by atoms with van der Waals surface area (Å²) in [7, 11) is 0. The number of aromatic nitrogens is 4. The van der Waals surface area contributed by atoms with Crippen molar-refractivity contribution in [2.45, 2.75) is 25.6 Å². The first-order valence-electron chi connectivity index (χ1n) is 7.12. The van der Waals surface area contributed by atoms with E-state index in [1.807, 2.05) is 0 Å². The number of anilines is 1. The van der Waals surface area contributed by atoms with Crippen molar-refractivity contribution in [3.05, 3.63) is 47.7 Å². The standard InChI is InChI=1S/C15H12F5N5/c1-14(16,17)10-4-12(24-7-23-10)21-5-8-2-9-3-11(15(18,19)20)25-13(9)22-6-8/h2-4,6-7H,5H2,1H3,(H,22,25)(H,21,23,24). The first-order valence-corrected chi connectivity index (χ1v) is 7.12. The number of nitrogens with one attached hydrogen (secondary N) is 2. The molecule has 0 aliphatic carbocycles. The van der Waals surface area contributed by atoms with Crippen LogP contribution in [-0.2, 0) is 18.6 Å². The van der Waals surface area contributed by atoms with Crippen LogP contribution in [0, 0.1) is 0 Å². The summed E-state index contributed by atoms with van der Waals surface area (Å²) in [4.78, 5) is 13.5. The zero-order chi connectivity index (χ0) is 18.2. The molecule has 3 rings (SSSR count). The van der Waals surface area contributed by atoms with Gasteiger partial charge in [-0.1, -0.05) is 0 Å². The predicted octanol–water partition coefficient (Wildman–Crippen LogP) is 4.10. The van der Waals surface area contributed by atoms with Gasteiger partial charge in [-0.15, -0.1) is 0 Å². The Kier molecular flexibility index (Phi) is 4.05. The van der Waals surface area contributed by atoms with Gasteiger partial charge in [0.15, 0.2) is 0 Å². The first-order chi connectivity index (χ1) is 11.6. The number of fused-ring (bicyclic) bond motifs is 1. The van der Waals surface area contributed by atoms with Gasteiger partial charge < -0.3 is 10.3 Å². The van der Waals surface area contributed by atoms with Gasteiger partial charge in [-0.2, -0.15) is 22.0 Å². The van der Waals surface area contributed by atoms with Crippen LogP contribution in [0.5, 0.6) is 0 Å². The lowest BCUT2D eigenvalue weighted by molar-refractivity contribution is -0.140. The van der Waals surface area contributed by atoms with Gasteiger partial charge in [-0.25, -0.2) is 15.0 Å². The van der Waals surface area contributed by atoms with E-state index in [0.29, 0.717) is 10.9 Å².